The van der Waals surface area contributed by atoms with Gasteiger partial charge in [0.25, 0.3) is 5.91 Å². The lowest BCUT2D eigenvalue weighted by Gasteiger charge is -2.03. The van der Waals surface area contributed by atoms with E-state index in [1.54, 1.807) is 0 Å². The van der Waals surface area contributed by atoms with E-state index in [-0.39, 0.29) is 17.0 Å². The van der Waals surface area contributed by atoms with E-state index < -0.39 is 18.0 Å². The molecule has 0 atom stereocenters. The van der Waals surface area contributed by atoms with Crippen molar-refractivity contribution < 1.29 is 19.5 Å². The van der Waals surface area contributed by atoms with Crippen molar-refractivity contribution in [2.75, 3.05) is 0 Å². The molecule has 4 amide bonds. The highest BCUT2D eigenvalue weighted by Gasteiger charge is 2.37. The zero-order chi connectivity index (χ0) is 10.0. The van der Waals surface area contributed by atoms with Crippen molar-refractivity contribution in [2.45, 2.75) is 6.42 Å². The van der Waals surface area contributed by atoms with Gasteiger partial charge in [0, 0.05) is 6.42 Å². The summed E-state index contributed by atoms with van der Waals surface area (Å²) in [6.45, 7) is 3.34. The van der Waals surface area contributed by atoms with Crippen LogP contribution in [-0.4, -0.2) is 33.7 Å². The Balaban J connectivity index is 2.92. The maximum absolute atomic E-state index is 11.1. The largest absolute Gasteiger partial charge is 0.464 e. The maximum atomic E-state index is 11.1. The number of amides is 4. The molecule has 0 aromatic heterocycles. The van der Waals surface area contributed by atoms with Crippen LogP contribution in [0.3, 0.4) is 0 Å². The van der Waals surface area contributed by atoms with Gasteiger partial charge in [0.05, 0.1) is 0 Å². The highest BCUT2D eigenvalue weighted by Crippen LogP contribution is 2.09. The van der Waals surface area contributed by atoms with Crippen LogP contribution in [0.15, 0.2) is 17.6 Å². The zero-order valence-electron chi connectivity index (χ0n) is 6.56. The van der Waals surface area contributed by atoms with Crippen LogP contribution in [0.25, 0.3) is 0 Å². The molecule has 1 heterocycles. The van der Waals surface area contributed by atoms with E-state index in [0.717, 1.165) is 0 Å². The van der Waals surface area contributed by atoms with Gasteiger partial charge in [0.15, 0.2) is 0 Å². The van der Waals surface area contributed by atoms with E-state index in [9.17, 15) is 14.4 Å². The topological polar surface area (TPSA) is 87.0 Å². The number of urea groups is 1. The molecular weight excluding hydrogens is 176 g/mol. The number of nitrogens with zero attached hydrogens (tertiary/aromatic N) is 2. The lowest BCUT2D eigenvalue weighted by Crippen LogP contribution is -2.36. The minimum Gasteiger partial charge on any atom is -0.464 e. The Labute approximate surface area is 73.2 Å². The van der Waals surface area contributed by atoms with Crippen molar-refractivity contribution in [1.29, 1.82) is 0 Å². The molecule has 1 aliphatic heterocycles. The van der Waals surface area contributed by atoms with Gasteiger partial charge in [-0.25, -0.2) is 9.59 Å². The molecule has 13 heavy (non-hydrogen) atoms. The van der Waals surface area contributed by atoms with Gasteiger partial charge < -0.3 is 5.11 Å². The minimum atomic E-state index is -1.61. The Morgan fingerprint density at radius 1 is 1.62 bits per heavy atom. The van der Waals surface area contributed by atoms with Crippen LogP contribution in [0.5, 0.6) is 0 Å². The lowest BCUT2D eigenvalue weighted by molar-refractivity contribution is -0.119. The van der Waals surface area contributed by atoms with E-state index in [4.69, 9.17) is 5.11 Å². The maximum Gasteiger partial charge on any atom is 0.422 e. The molecule has 0 unspecified atom stereocenters. The second-order valence-corrected chi connectivity index (χ2v) is 2.26. The van der Waals surface area contributed by atoms with Crippen LogP contribution in [0, 0.1) is 0 Å². The monoisotopic (exact) mass is 182 g/mol. The Morgan fingerprint density at radius 2 is 2.23 bits per heavy atom. The second kappa shape index (κ2) is 3.18. The summed E-state index contributed by atoms with van der Waals surface area (Å²) in [5.41, 5.74) is -0.0950. The smallest absolute Gasteiger partial charge is 0.422 e. The number of hydrogen-bond donors (Lipinski definition) is 1. The predicted molar refractivity (Wildman–Crippen MR) is 42.5 cm³/mol. The van der Waals surface area contributed by atoms with E-state index in [1.807, 2.05) is 0 Å². The normalized spacial score (nSPS) is 16.0. The third kappa shape index (κ3) is 1.46. The van der Waals surface area contributed by atoms with Crippen molar-refractivity contribution in [3.05, 3.63) is 12.7 Å². The summed E-state index contributed by atoms with van der Waals surface area (Å²) in [6.07, 6.45) is -0.151. The van der Waals surface area contributed by atoms with Crippen molar-refractivity contribution in [3.8, 4) is 0 Å². The van der Waals surface area contributed by atoms with Gasteiger partial charge in [0.2, 0.25) is 0 Å². The van der Waals surface area contributed by atoms with E-state index in [1.165, 1.54) is 6.08 Å². The SMILES string of the molecule is C=CCC1=NC(=O)N(C(=O)O)C1=O. The lowest BCUT2D eigenvalue weighted by atomic mass is 10.2. The first kappa shape index (κ1) is 9.11. The van der Waals surface area contributed by atoms with Crippen molar-refractivity contribution >= 4 is 23.7 Å². The summed E-state index contributed by atoms with van der Waals surface area (Å²) in [4.78, 5) is 35.6. The fraction of sp³-hybridized carbons (Fsp3) is 0.143. The number of carbonyl (C=O) groups is 3. The number of carboxylic acid groups (broad SMARTS) is 1. The number of allylic oxidation sites excluding steroid dienone is 1. The van der Waals surface area contributed by atoms with Crippen LogP contribution in [-0.2, 0) is 4.79 Å². The van der Waals surface area contributed by atoms with Gasteiger partial charge in [-0.1, -0.05) is 6.08 Å². The Morgan fingerprint density at radius 3 is 2.62 bits per heavy atom. The molecule has 1 aliphatic rings. The quantitative estimate of drug-likeness (QED) is 0.635. The molecule has 0 bridgehead atoms. The van der Waals surface area contributed by atoms with Crippen molar-refractivity contribution in [1.82, 2.24) is 4.90 Å². The molecule has 0 saturated heterocycles. The molecule has 68 valence electrons. The highest BCUT2D eigenvalue weighted by atomic mass is 16.4. The average Bonchev–Trinajstić information content (AvgIpc) is 2.28. The van der Waals surface area contributed by atoms with Gasteiger partial charge in [-0.2, -0.15) is 9.89 Å². The van der Waals surface area contributed by atoms with E-state index in [0.29, 0.717) is 0 Å². The molecule has 0 aromatic rings. The molecule has 0 aromatic carbocycles. The van der Waals surface area contributed by atoms with Gasteiger partial charge >= 0.3 is 12.1 Å². The average molecular weight is 182 g/mol. The van der Waals surface area contributed by atoms with E-state index in [2.05, 4.69) is 11.6 Å². The summed E-state index contributed by atoms with van der Waals surface area (Å²) in [7, 11) is 0. The molecule has 6 heteroatoms. The van der Waals surface area contributed by atoms with Crippen LogP contribution >= 0.6 is 0 Å². The minimum absolute atomic E-state index is 0.0683. The van der Waals surface area contributed by atoms with Gasteiger partial charge in [-0.3, -0.25) is 4.79 Å². The van der Waals surface area contributed by atoms with Gasteiger partial charge in [-0.05, 0) is 0 Å². The molecular formula is C7H6N2O4. The van der Waals surface area contributed by atoms with Crippen LogP contribution in [0.1, 0.15) is 6.42 Å². The zero-order valence-corrected chi connectivity index (χ0v) is 6.56. The molecule has 0 saturated carbocycles. The van der Waals surface area contributed by atoms with Crippen LogP contribution < -0.4 is 0 Å². The Kier molecular flexibility index (Phi) is 2.23. The first-order valence-electron chi connectivity index (χ1n) is 3.37. The van der Waals surface area contributed by atoms with Crippen LogP contribution in [0.4, 0.5) is 9.59 Å². The number of carbonyl (C=O) groups excluding carboxylic acids is 2. The molecule has 0 radical (unpaired) electrons. The molecule has 1 rings (SSSR count). The Bertz CT molecular complexity index is 331. The number of hydrogen-bond acceptors (Lipinski definition) is 3. The van der Waals surface area contributed by atoms with Crippen molar-refractivity contribution in [2.24, 2.45) is 4.99 Å². The van der Waals surface area contributed by atoms with Crippen LogP contribution in [0.2, 0.25) is 0 Å². The second-order valence-electron chi connectivity index (χ2n) is 2.26. The molecule has 1 N–H and O–H groups in total. The fourth-order valence-electron chi connectivity index (χ4n) is 0.868. The summed E-state index contributed by atoms with van der Waals surface area (Å²) in [6, 6.07) is -1.06. The molecule has 0 spiro atoms. The van der Waals surface area contributed by atoms with Gasteiger partial charge in [-0.15, -0.1) is 6.58 Å². The molecule has 0 aliphatic carbocycles. The first-order valence-corrected chi connectivity index (χ1v) is 3.37. The summed E-state index contributed by atoms with van der Waals surface area (Å²) < 4.78 is 0. The summed E-state index contributed by atoms with van der Waals surface area (Å²) in [5.74, 6) is -0.891. The molecule has 6 nitrogen and oxygen atoms in total. The van der Waals surface area contributed by atoms with E-state index >= 15 is 0 Å². The number of imide groups is 3. The van der Waals surface area contributed by atoms with Gasteiger partial charge in [0.1, 0.15) is 5.71 Å². The summed E-state index contributed by atoms with van der Waals surface area (Å²) in [5, 5.41) is 8.43. The fourth-order valence-corrected chi connectivity index (χ4v) is 0.868. The first-order chi connectivity index (χ1) is 6.07. The number of rotatable bonds is 2. The predicted octanol–water partition coefficient (Wildman–Crippen LogP) is 0.644. The Hall–Kier alpha value is -1.98. The third-order valence-electron chi connectivity index (χ3n) is 1.40. The van der Waals surface area contributed by atoms with Crippen molar-refractivity contribution in [3.63, 3.8) is 0 Å². The highest BCUT2D eigenvalue weighted by molar-refractivity contribution is 6.49. The number of aliphatic imine (C=N–C) groups is 1. The third-order valence-corrected chi connectivity index (χ3v) is 1.40. The molecule has 0 fully saturated rings. The standard InChI is InChI=1S/C7H6N2O4/c1-2-3-4-5(10)9(7(12)13)6(11)8-4/h2H,1,3H2,(H,12,13). The summed E-state index contributed by atoms with van der Waals surface area (Å²) >= 11 is 0.